The summed E-state index contributed by atoms with van der Waals surface area (Å²) in [5.41, 5.74) is 1.80. The van der Waals surface area contributed by atoms with Crippen molar-refractivity contribution in [3.8, 4) is 11.3 Å². The lowest BCUT2D eigenvalue weighted by Crippen LogP contribution is -1.91. The summed E-state index contributed by atoms with van der Waals surface area (Å²) in [5, 5.41) is 1.19. The second kappa shape index (κ2) is 4.35. The van der Waals surface area contributed by atoms with E-state index in [0.717, 1.165) is 10.9 Å². The van der Waals surface area contributed by atoms with Crippen molar-refractivity contribution in [1.82, 2.24) is 9.97 Å². The van der Waals surface area contributed by atoms with Gasteiger partial charge in [0.25, 0.3) is 0 Å². The van der Waals surface area contributed by atoms with Crippen LogP contribution in [0.15, 0.2) is 48.8 Å². The van der Waals surface area contributed by atoms with E-state index >= 15 is 0 Å². The van der Waals surface area contributed by atoms with E-state index in [1.165, 1.54) is 12.4 Å². The monoisotopic (exact) mass is 258 g/mol. The number of hydrogen-bond acceptors (Lipinski definition) is 2. The Morgan fingerprint density at radius 2 is 1.83 bits per heavy atom. The van der Waals surface area contributed by atoms with Gasteiger partial charge in [0.1, 0.15) is 12.1 Å². The van der Waals surface area contributed by atoms with Crippen LogP contribution in [-0.4, -0.2) is 9.97 Å². The van der Waals surface area contributed by atoms with Crippen molar-refractivity contribution >= 4 is 22.5 Å². The van der Waals surface area contributed by atoms with Crippen molar-refractivity contribution in [3.05, 3.63) is 59.6 Å². The highest BCUT2D eigenvalue weighted by Crippen LogP contribution is 2.28. The van der Waals surface area contributed by atoms with Crippen LogP contribution in [0.3, 0.4) is 0 Å². The molecule has 0 unspecified atom stereocenters. The number of aromatic nitrogens is 2. The molecule has 0 radical (unpaired) electrons. The molecule has 3 rings (SSSR count). The molecule has 1 aromatic heterocycles. The Morgan fingerprint density at radius 1 is 1.00 bits per heavy atom. The smallest absolute Gasteiger partial charge is 0.134 e. The lowest BCUT2D eigenvalue weighted by atomic mass is 10.1. The third-order valence-corrected chi connectivity index (χ3v) is 2.96. The molecule has 3 aromatic rings. The first-order valence-corrected chi connectivity index (χ1v) is 5.78. The molecule has 18 heavy (non-hydrogen) atoms. The molecule has 0 bridgehead atoms. The summed E-state index contributed by atoms with van der Waals surface area (Å²) in [6.45, 7) is 0. The molecule has 0 N–H and O–H groups in total. The molecule has 0 saturated carbocycles. The Morgan fingerprint density at radius 3 is 2.67 bits per heavy atom. The minimum atomic E-state index is -0.383. The van der Waals surface area contributed by atoms with Crippen LogP contribution in [0.1, 0.15) is 0 Å². The molecule has 0 spiro atoms. The van der Waals surface area contributed by atoms with Crippen LogP contribution in [0.5, 0.6) is 0 Å². The third-order valence-electron chi connectivity index (χ3n) is 2.73. The van der Waals surface area contributed by atoms with Crippen LogP contribution in [0.4, 0.5) is 4.39 Å². The van der Waals surface area contributed by atoms with Gasteiger partial charge in [-0.15, -0.1) is 0 Å². The standard InChI is InChI=1S/C14H8ClFN2/c15-9-5-6-10(12(16)7-9)14-11-3-1-2-4-13(11)17-8-18-14/h1-8H. The van der Waals surface area contributed by atoms with Gasteiger partial charge in [-0.2, -0.15) is 0 Å². The first-order chi connectivity index (χ1) is 8.75. The van der Waals surface area contributed by atoms with Crippen LogP contribution in [-0.2, 0) is 0 Å². The molecule has 2 nitrogen and oxygen atoms in total. The van der Waals surface area contributed by atoms with Gasteiger partial charge in [-0.3, -0.25) is 0 Å². The van der Waals surface area contributed by atoms with E-state index in [4.69, 9.17) is 11.6 Å². The van der Waals surface area contributed by atoms with Crippen molar-refractivity contribution < 1.29 is 4.39 Å². The van der Waals surface area contributed by atoms with Crippen molar-refractivity contribution in [3.63, 3.8) is 0 Å². The first-order valence-electron chi connectivity index (χ1n) is 5.41. The summed E-state index contributed by atoms with van der Waals surface area (Å²) in [4.78, 5) is 8.33. The molecule has 0 aliphatic rings. The first kappa shape index (κ1) is 11.1. The zero-order valence-electron chi connectivity index (χ0n) is 9.27. The fraction of sp³-hybridized carbons (Fsp3) is 0. The molecule has 0 amide bonds. The fourth-order valence-electron chi connectivity index (χ4n) is 1.90. The zero-order valence-corrected chi connectivity index (χ0v) is 10.0. The predicted octanol–water partition coefficient (Wildman–Crippen LogP) is 4.09. The van der Waals surface area contributed by atoms with Crippen molar-refractivity contribution in [1.29, 1.82) is 0 Å². The number of hydrogen-bond donors (Lipinski definition) is 0. The summed E-state index contributed by atoms with van der Waals surface area (Å²) in [6.07, 6.45) is 1.44. The summed E-state index contributed by atoms with van der Waals surface area (Å²) in [5.74, 6) is -0.383. The average Bonchev–Trinajstić information content (AvgIpc) is 2.38. The van der Waals surface area contributed by atoms with E-state index in [1.54, 1.807) is 12.1 Å². The Kier molecular flexibility index (Phi) is 2.68. The fourth-order valence-corrected chi connectivity index (χ4v) is 2.06. The number of fused-ring (bicyclic) bond motifs is 1. The number of rotatable bonds is 1. The highest BCUT2D eigenvalue weighted by Gasteiger charge is 2.10. The highest BCUT2D eigenvalue weighted by atomic mass is 35.5. The Labute approximate surface area is 108 Å². The van der Waals surface area contributed by atoms with Gasteiger partial charge >= 0.3 is 0 Å². The van der Waals surface area contributed by atoms with Crippen LogP contribution in [0, 0.1) is 5.82 Å². The molecular weight excluding hydrogens is 251 g/mol. The Bertz CT molecular complexity index is 723. The van der Waals surface area contributed by atoms with E-state index in [-0.39, 0.29) is 5.82 Å². The summed E-state index contributed by atoms with van der Waals surface area (Å²) >= 11 is 5.75. The van der Waals surface area contributed by atoms with E-state index in [1.807, 2.05) is 24.3 Å². The van der Waals surface area contributed by atoms with E-state index in [9.17, 15) is 4.39 Å². The van der Waals surface area contributed by atoms with Gasteiger partial charge < -0.3 is 0 Å². The van der Waals surface area contributed by atoms with Crippen molar-refractivity contribution in [2.24, 2.45) is 0 Å². The molecule has 0 atom stereocenters. The number of para-hydroxylation sites is 1. The number of halogens is 2. The van der Waals surface area contributed by atoms with E-state index in [0.29, 0.717) is 16.3 Å². The summed E-state index contributed by atoms with van der Waals surface area (Å²) < 4.78 is 13.9. The molecule has 0 aliphatic carbocycles. The molecule has 0 fully saturated rings. The summed E-state index contributed by atoms with van der Waals surface area (Å²) in [7, 11) is 0. The predicted molar refractivity (Wildman–Crippen MR) is 69.9 cm³/mol. The molecule has 2 aromatic carbocycles. The number of benzene rings is 2. The molecule has 0 saturated heterocycles. The largest absolute Gasteiger partial charge is 0.236 e. The topological polar surface area (TPSA) is 25.8 Å². The Hall–Kier alpha value is -2.00. The maximum absolute atomic E-state index is 13.9. The zero-order chi connectivity index (χ0) is 12.5. The van der Waals surface area contributed by atoms with Crippen LogP contribution >= 0.6 is 11.6 Å². The summed E-state index contributed by atoms with van der Waals surface area (Å²) in [6, 6.07) is 12.1. The normalized spacial score (nSPS) is 10.8. The van der Waals surface area contributed by atoms with E-state index < -0.39 is 0 Å². The Balaban J connectivity index is 2.31. The molecule has 1 heterocycles. The second-order valence-corrected chi connectivity index (χ2v) is 4.30. The van der Waals surface area contributed by atoms with Gasteiger partial charge in [-0.05, 0) is 24.3 Å². The van der Waals surface area contributed by atoms with Crippen molar-refractivity contribution in [2.75, 3.05) is 0 Å². The van der Waals surface area contributed by atoms with Crippen LogP contribution in [0.25, 0.3) is 22.2 Å². The maximum atomic E-state index is 13.9. The second-order valence-electron chi connectivity index (χ2n) is 3.86. The molecule has 88 valence electrons. The van der Waals surface area contributed by atoms with E-state index in [2.05, 4.69) is 9.97 Å². The third kappa shape index (κ3) is 1.83. The van der Waals surface area contributed by atoms with Crippen LogP contribution in [0.2, 0.25) is 5.02 Å². The van der Waals surface area contributed by atoms with Crippen LogP contribution < -0.4 is 0 Å². The SMILES string of the molecule is Fc1cc(Cl)ccc1-c1ncnc2ccccc12. The molecule has 4 heteroatoms. The quantitative estimate of drug-likeness (QED) is 0.657. The maximum Gasteiger partial charge on any atom is 0.134 e. The minimum absolute atomic E-state index is 0.370. The van der Waals surface area contributed by atoms with Gasteiger partial charge in [0.05, 0.1) is 11.2 Å². The van der Waals surface area contributed by atoms with Gasteiger partial charge in [0.15, 0.2) is 0 Å². The molecule has 0 aliphatic heterocycles. The lowest BCUT2D eigenvalue weighted by molar-refractivity contribution is 0.631. The van der Waals surface area contributed by atoms with Gasteiger partial charge in [-0.1, -0.05) is 29.8 Å². The highest BCUT2D eigenvalue weighted by molar-refractivity contribution is 6.30. The average molecular weight is 259 g/mol. The minimum Gasteiger partial charge on any atom is -0.236 e. The van der Waals surface area contributed by atoms with Gasteiger partial charge in [-0.25, -0.2) is 14.4 Å². The van der Waals surface area contributed by atoms with Gasteiger partial charge in [0.2, 0.25) is 0 Å². The van der Waals surface area contributed by atoms with Gasteiger partial charge in [0, 0.05) is 16.0 Å². The lowest BCUT2D eigenvalue weighted by Gasteiger charge is -2.06. The van der Waals surface area contributed by atoms with Crippen molar-refractivity contribution in [2.45, 2.75) is 0 Å². The number of nitrogens with zero attached hydrogens (tertiary/aromatic N) is 2. The molecular formula is C14H8ClFN2.